The maximum absolute atomic E-state index is 10.7. The third-order valence-electron chi connectivity index (χ3n) is 10.8. The van der Waals surface area contributed by atoms with E-state index in [1.54, 1.807) is 0 Å². The quantitative estimate of drug-likeness (QED) is 0.0486. The fraction of sp³-hybridized carbons (Fsp3) is 0.872. The number of carbonyl (C=O) groups is 2. The Balaban J connectivity index is 3.23. The lowest BCUT2D eigenvalue weighted by Gasteiger charge is -2.11. The van der Waals surface area contributed by atoms with E-state index >= 15 is 0 Å². The fourth-order valence-corrected chi connectivity index (χ4v) is 7.31. The van der Waals surface area contributed by atoms with Crippen LogP contribution in [0.5, 0.6) is 0 Å². The van der Waals surface area contributed by atoms with E-state index in [1.807, 2.05) is 0 Å². The van der Waals surface area contributed by atoms with Gasteiger partial charge in [-0.2, -0.15) is 0 Å². The molecular weight excluding hydrogens is 625 g/mol. The Hall–Kier alpha value is -1.58. The van der Waals surface area contributed by atoms with Crippen LogP contribution in [-0.2, 0) is 9.59 Å². The molecule has 0 radical (unpaired) electrons. The molecule has 0 fully saturated rings. The van der Waals surface area contributed by atoms with Crippen LogP contribution in [-0.4, -0.2) is 11.8 Å². The molecule has 0 saturated heterocycles. The first-order chi connectivity index (χ1) is 25.0. The van der Waals surface area contributed by atoms with Crippen LogP contribution in [0.3, 0.4) is 0 Å². The second kappa shape index (κ2) is 42.8. The molecule has 0 aromatic carbocycles. The molecular formula is C47H90N2O2. The van der Waals surface area contributed by atoms with Crippen LogP contribution in [0.2, 0.25) is 0 Å². The summed E-state index contributed by atoms with van der Waals surface area (Å²) >= 11 is 0. The highest BCUT2D eigenvalue weighted by Crippen LogP contribution is 2.19. The Labute approximate surface area is 319 Å². The smallest absolute Gasteiger partial charge is 0.217 e. The lowest BCUT2D eigenvalue weighted by Crippen LogP contribution is -2.09. The van der Waals surface area contributed by atoms with Gasteiger partial charge in [0.2, 0.25) is 11.8 Å². The van der Waals surface area contributed by atoms with Crippen molar-refractivity contribution in [2.45, 2.75) is 257 Å². The number of nitrogens with two attached hydrogens (primary N) is 2. The standard InChI is InChI=1S/C47H90N2O2/c1-45(42-38-34-30-26-22-18-14-10-6-4-8-12-16-20-24-28-32-36-40-44-47(49)51)41-37-33-29-25-21-17-13-9-5-2-3-7-11-15-19-23-27-31-35-39-43-46(48)50/h2,5-6,10,45H,3-4,7-9,11-44H2,1H3,(H2,48,50)(H2,49,51). The SMILES string of the molecule is CC(CCCCCCCCC=CCCCCCCCCCCCC(N)=O)CCCCCCCCCC=CCCCCCCCCCCCC(N)=O. The van der Waals surface area contributed by atoms with Crippen molar-refractivity contribution >= 4 is 11.8 Å². The summed E-state index contributed by atoms with van der Waals surface area (Å²) < 4.78 is 0. The molecule has 0 aromatic rings. The Kier molecular flexibility index (Phi) is 41.5. The molecule has 0 aromatic heterocycles. The molecule has 1 atom stereocenters. The predicted octanol–water partition coefficient (Wildman–Crippen LogP) is 14.9. The zero-order valence-corrected chi connectivity index (χ0v) is 34.4. The molecule has 51 heavy (non-hydrogen) atoms. The number of rotatable bonds is 43. The number of primary amides is 2. The third kappa shape index (κ3) is 46.4. The van der Waals surface area contributed by atoms with Crippen molar-refractivity contribution in [3.05, 3.63) is 24.3 Å². The van der Waals surface area contributed by atoms with Gasteiger partial charge in [-0.1, -0.05) is 205 Å². The molecule has 300 valence electrons. The molecule has 4 nitrogen and oxygen atoms in total. The van der Waals surface area contributed by atoms with Gasteiger partial charge in [0.05, 0.1) is 0 Å². The maximum Gasteiger partial charge on any atom is 0.217 e. The van der Waals surface area contributed by atoms with Gasteiger partial charge in [0, 0.05) is 12.8 Å². The summed E-state index contributed by atoms with van der Waals surface area (Å²) in [6.07, 6.45) is 60.3. The van der Waals surface area contributed by atoms with Gasteiger partial charge in [-0.25, -0.2) is 0 Å². The van der Waals surface area contributed by atoms with Crippen molar-refractivity contribution in [2.24, 2.45) is 17.4 Å². The Morgan fingerprint density at radius 3 is 0.765 bits per heavy atom. The van der Waals surface area contributed by atoms with Crippen LogP contribution in [0.4, 0.5) is 0 Å². The van der Waals surface area contributed by atoms with E-state index in [1.165, 1.54) is 212 Å². The molecule has 0 aliphatic carbocycles. The summed E-state index contributed by atoms with van der Waals surface area (Å²) in [5.41, 5.74) is 10.4. The maximum atomic E-state index is 10.7. The average Bonchev–Trinajstić information content (AvgIpc) is 3.10. The summed E-state index contributed by atoms with van der Waals surface area (Å²) in [5.74, 6) is 0.608. The highest BCUT2D eigenvalue weighted by molar-refractivity contribution is 5.73. The number of hydrogen-bond acceptors (Lipinski definition) is 2. The normalized spacial score (nSPS) is 12.4. The number of hydrogen-bond donors (Lipinski definition) is 2. The van der Waals surface area contributed by atoms with Gasteiger partial charge in [-0.3, -0.25) is 9.59 Å². The van der Waals surface area contributed by atoms with Crippen LogP contribution in [0.15, 0.2) is 24.3 Å². The van der Waals surface area contributed by atoms with E-state index in [-0.39, 0.29) is 11.8 Å². The van der Waals surface area contributed by atoms with E-state index in [9.17, 15) is 9.59 Å². The van der Waals surface area contributed by atoms with Crippen molar-refractivity contribution in [1.82, 2.24) is 0 Å². The second-order valence-corrected chi connectivity index (χ2v) is 16.2. The number of allylic oxidation sites excluding steroid dienone is 4. The van der Waals surface area contributed by atoms with Crippen LogP contribution < -0.4 is 11.5 Å². The summed E-state index contributed by atoms with van der Waals surface area (Å²) in [4.78, 5) is 21.5. The van der Waals surface area contributed by atoms with Crippen LogP contribution in [0.25, 0.3) is 0 Å². The molecule has 0 aliphatic rings. The zero-order chi connectivity index (χ0) is 37.1. The Morgan fingerprint density at radius 2 is 0.529 bits per heavy atom. The monoisotopic (exact) mass is 715 g/mol. The summed E-state index contributed by atoms with van der Waals surface area (Å²) in [7, 11) is 0. The number of carbonyl (C=O) groups excluding carboxylic acids is 2. The minimum absolute atomic E-state index is 0.156. The molecule has 0 rings (SSSR count). The van der Waals surface area contributed by atoms with Crippen molar-refractivity contribution in [1.29, 1.82) is 0 Å². The predicted molar refractivity (Wildman–Crippen MR) is 226 cm³/mol. The molecule has 0 aliphatic heterocycles. The molecule has 0 bridgehead atoms. The molecule has 4 heteroatoms. The summed E-state index contributed by atoms with van der Waals surface area (Å²) in [5, 5.41) is 0. The molecule has 0 heterocycles. The number of unbranched alkanes of at least 4 members (excludes halogenated alkanes) is 31. The van der Waals surface area contributed by atoms with Crippen LogP contribution in [0.1, 0.15) is 257 Å². The molecule has 0 spiro atoms. The van der Waals surface area contributed by atoms with Crippen LogP contribution in [0, 0.1) is 5.92 Å². The van der Waals surface area contributed by atoms with Gasteiger partial charge >= 0.3 is 0 Å². The zero-order valence-electron chi connectivity index (χ0n) is 34.4. The van der Waals surface area contributed by atoms with E-state index < -0.39 is 0 Å². The highest BCUT2D eigenvalue weighted by Gasteiger charge is 2.03. The van der Waals surface area contributed by atoms with Gasteiger partial charge in [0.25, 0.3) is 0 Å². The van der Waals surface area contributed by atoms with Crippen molar-refractivity contribution in [3.8, 4) is 0 Å². The van der Waals surface area contributed by atoms with Crippen molar-refractivity contribution in [3.63, 3.8) is 0 Å². The largest absolute Gasteiger partial charge is 0.370 e. The molecule has 4 N–H and O–H groups in total. The lowest BCUT2D eigenvalue weighted by molar-refractivity contribution is -0.119. The topological polar surface area (TPSA) is 86.2 Å². The van der Waals surface area contributed by atoms with E-state index in [0.717, 1.165) is 31.6 Å². The first kappa shape index (κ1) is 49.4. The van der Waals surface area contributed by atoms with Gasteiger partial charge < -0.3 is 11.5 Å². The van der Waals surface area contributed by atoms with E-state index in [4.69, 9.17) is 11.5 Å². The molecule has 1 unspecified atom stereocenters. The fourth-order valence-electron chi connectivity index (χ4n) is 7.31. The Bertz CT molecular complexity index is 776. The van der Waals surface area contributed by atoms with Gasteiger partial charge in [0.15, 0.2) is 0 Å². The first-order valence-corrected chi connectivity index (χ1v) is 22.9. The van der Waals surface area contributed by atoms with Gasteiger partial charge in [-0.05, 0) is 70.1 Å². The van der Waals surface area contributed by atoms with E-state index in [0.29, 0.717) is 12.8 Å². The van der Waals surface area contributed by atoms with Gasteiger partial charge in [-0.15, -0.1) is 0 Å². The van der Waals surface area contributed by atoms with Crippen molar-refractivity contribution < 1.29 is 9.59 Å². The summed E-state index contributed by atoms with van der Waals surface area (Å²) in [6.45, 7) is 2.49. The molecule has 0 saturated carbocycles. The van der Waals surface area contributed by atoms with Gasteiger partial charge in [0.1, 0.15) is 0 Å². The lowest BCUT2D eigenvalue weighted by atomic mass is 9.95. The first-order valence-electron chi connectivity index (χ1n) is 22.9. The third-order valence-corrected chi connectivity index (χ3v) is 10.8. The van der Waals surface area contributed by atoms with Crippen molar-refractivity contribution in [2.75, 3.05) is 0 Å². The molecule has 2 amide bonds. The highest BCUT2D eigenvalue weighted by atomic mass is 16.1. The average molecular weight is 715 g/mol. The number of amides is 2. The second-order valence-electron chi connectivity index (χ2n) is 16.2. The van der Waals surface area contributed by atoms with E-state index in [2.05, 4.69) is 31.2 Å². The summed E-state index contributed by atoms with van der Waals surface area (Å²) in [6, 6.07) is 0. The minimum atomic E-state index is -0.156. The minimum Gasteiger partial charge on any atom is -0.370 e. The Morgan fingerprint density at radius 1 is 0.333 bits per heavy atom. The van der Waals surface area contributed by atoms with Crippen LogP contribution >= 0.6 is 0 Å².